The molecule has 0 spiro atoms. The fourth-order valence-corrected chi connectivity index (χ4v) is 4.78. The minimum absolute atomic E-state index is 0.000589. The van der Waals surface area contributed by atoms with E-state index in [4.69, 9.17) is 4.74 Å². The summed E-state index contributed by atoms with van der Waals surface area (Å²) < 4.78 is 5.82. The largest absolute Gasteiger partial charge is 0.508 e. The van der Waals surface area contributed by atoms with Gasteiger partial charge in [-0.2, -0.15) is 0 Å². The van der Waals surface area contributed by atoms with Gasteiger partial charge in [0.25, 0.3) is 5.91 Å². The molecule has 2 aliphatic heterocycles. The highest BCUT2D eigenvalue weighted by Crippen LogP contribution is 2.36. The number of ether oxygens (including phenoxy) is 1. The van der Waals surface area contributed by atoms with Crippen LogP contribution < -0.4 is 10.1 Å². The molecule has 1 atom stereocenters. The summed E-state index contributed by atoms with van der Waals surface area (Å²) in [5.41, 5.74) is 3.69. The van der Waals surface area contributed by atoms with Gasteiger partial charge in [-0.15, -0.1) is 0 Å². The van der Waals surface area contributed by atoms with Crippen molar-refractivity contribution < 1.29 is 24.5 Å². The van der Waals surface area contributed by atoms with Crippen molar-refractivity contribution in [3.8, 4) is 17.2 Å². The Morgan fingerprint density at radius 2 is 2.06 bits per heavy atom. The Bertz CT molecular complexity index is 1300. The summed E-state index contributed by atoms with van der Waals surface area (Å²) in [6.45, 7) is 1.52. The maximum absolute atomic E-state index is 13.6. The quantitative estimate of drug-likeness (QED) is 0.489. The van der Waals surface area contributed by atoms with Crippen LogP contribution in [-0.2, 0) is 24.4 Å². The molecule has 2 aromatic carbocycles. The Balaban J connectivity index is 1.38. The maximum Gasteiger partial charge on any atom is 0.261 e. The molecule has 2 amide bonds. The number of phenolic OH excluding ortho intramolecular Hbond substituents is 2. The number of rotatable bonds is 6. The number of nitrogens with zero attached hydrogens (tertiary/aromatic N) is 3. The van der Waals surface area contributed by atoms with Crippen LogP contribution in [0.2, 0.25) is 0 Å². The molecule has 1 aromatic heterocycles. The molecule has 0 saturated carbocycles. The molecule has 5 rings (SSSR count). The number of aromatic hydroxyl groups is 2. The van der Waals surface area contributed by atoms with Gasteiger partial charge in [-0.25, -0.2) is 0 Å². The molecule has 3 N–H and O–H groups in total. The van der Waals surface area contributed by atoms with E-state index in [0.29, 0.717) is 38.2 Å². The van der Waals surface area contributed by atoms with E-state index in [1.165, 1.54) is 6.07 Å². The highest BCUT2D eigenvalue weighted by molar-refractivity contribution is 6.00. The molecule has 186 valence electrons. The van der Waals surface area contributed by atoms with E-state index >= 15 is 0 Å². The molecule has 0 bridgehead atoms. The van der Waals surface area contributed by atoms with Crippen LogP contribution in [0.3, 0.4) is 0 Å². The van der Waals surface area contributed by atoms with Crippen molar-refractivity contribution in [2.45, 2.75) is 32.0 Å². The number of benzene rings is 2. The summed E-state index contributed by atoms with van der Waals surface area (Å²) in [5.74, 6) is -0.741. The summed E-state index contributed by atoms with van der Waals surface area (Å²) in [6, 6.07) is 13.9. The van der Waals surface area contributed by atoms with E-state index in [9.17, 15) is 19.8 Å². The van der Waals surface area contributed by atoms with Crippen LogP contribution in [0.15, 0.2) is 54.7 Å². The molecule has 3 heterocycles. The molecule has 3 aromatic rings. The van der Waals surface area contributed by atoms with E-state index in [0.717, 1.165) is 22.9 Å². The number of carbonyl (C=O) groups excluding carboxylic acids is 2. The fraction of sp³-hybridized carbons (Fsp3) is 0.296. The average Bonchev–Trinajstić information content (AvgIpc) is 3.19. The van der Waals surface area contributed by atoms with Crippen LogP contribution in [0, 0.1) is 0 Å². The Kier molecular flexibility index (Phi) is 6.37. The molecule has 0 radical (unpaired) electrons. The summed E-state index contributed by atoms with van der Waals surface area (Å²) in [4.78, 5) is 33.2. The van der Waals surface area contributed by atoms with Crippen molar-refractivity contribution in [3.63, 3.8) is 0 Å². The van der Waals surface area contributed by atoms with Crippen molar-refractivity contribution in [3.05, 3.63) is 77.1 Å². The normalized spacial score (nSPS) is 17.1. The molecule has 0 aliphatic carbocycles. The van der Waals surface area contributed by atoms with Crippen LogP contribution in [0.5, 0.6) is 17.2 Å². The lowest BCUT2D eigenvalue weighted by Gasteiger charge is -2.31. The zero-order chi connectivity index (χ0) is 25.2. The first-order valence-corrected chi connectivity index (χ1v) is 11.9. The molecular weight excluding hydrogens is 460 g/mol. The van der Waals surface area contributed by atoms with Crippen molar-refractivity contribution in [2.75, 3.05) is 25.5 Å². The number of pyridine rings is 1. The predicted octanol–water partition coefficient (Wildman–Crippen LogP) is 2.91. The highest BCUT2D eigenvalue weighted by Gasteiger charge is 2.31. The number of amides is 2. The number of aromatic nitrogens is 1. The van der Waals surface area contributed by atoms with E-state index in [2.05, 4.69) is 10.3 Å². The van der Waals surface area contributed by atoms with Gasteiger partial charge in [-0.1, -0.05) is 18.2 Å². The molecular formula is C27H28N4O5. The highest BCUT2D eigenvalue weighted by atomic mass is 16.5. The van der Waals surface area contributed by atoms with E-state index in [1.54, 1.807) is 35.2 Å². The second-order valence-electron chi connectivity index (χ2n) is 9.19. The van der Waals surface area contributed by atoms with E-state index < -0.39 is 0 Å². The summed E-state index contributed by atoms with van der Waals surface area (Å²) in [7, 11) is 1.79. The van der Waals surface area contributed by atoms with Gasteiger partial charge in [-0.3, -0.25) is 14.6 Å². The predicted molar refractivity (Wildman–Crippen MR) is 133 cm³/mol. The lowest BCUT2D eigenvalue weighted by Crippen LogP contribution is -2.37. The number of fused-ring (bicyclic) bond motifs is 1. The van der Waals surface area contributed by atoms with Gasteiger partial charge in [0.2, 0.25) is 5.91 Å². The average molecular weight is 489 g/mol. The van der Waals surface area contributed by atoms with Crippen LogP contribution in [0.4, 0.5) is 5.69 Å². The lowest BCUT2D eigenvalue weighted by atomic mass is 9.96. The van der Waals surface area contributed by atoms with Crippen molar-refractivity contribution >= 4 is 17.5 Å². The zero-order valence-corrected chi connectivity index (χ0v) is 20.0. The monoisotopic (exact) mass is 488 g/mol. The molecule has 1 unspecified atom stereocenters. The zero-order valence-electron chi connectivity index (χ0n) is 20.0. The molecule has 9 heteroatoms. The first kappa shape index (κ1) is 23.5. The van der Waals surface area contributed by atoms with Gasteiger partial charge < -0.3 is 30.1 Å². The van der Waals surface area contributed by atoms with Crippen LogP contribution >= 0.6 is 0 Å². The van der Waals surface area contributed by atoms with Gasteiger partial charge in [0.15, 0.2) is 0 Å². The van der Waals surface area contributed by atoms with Gasteiger partial charge in [-0.05, 0) is 35.7 Å². The smallest absolute Gasteiger partial charge is 0.261 e. The number of hydrogen-bond acceptors (Lipinski definition) is 7. The first-order valence-electron chi connectivity index (χ1n) is 11.9. The van der Waals surface area contributed by atoms with Crippen LogP contribution in [-0.4, -0.2) is 63.0 Å². The maximum atomic E-state index is 13.6. The number of carbonyl (C=O) groups is 2. The SMILES string of the molecule is CN1CC(Nc2cccc3c2CN(C(=O)c2c(O)cc(O)cc2OCc2ccccn2)CC3)CC1=O. The van der Waals surface area contributed by atoms with Gasteiger partial charge in [0.05, 0.1) is 11.7 Å². The Morgan fingerprint density at radius 1 is 1.19 bits per heavy atom. The van der Waals surface area contributed by atoms with E-state index in [-0.39, 0.29) is 47.3 Å². The molecule has 1 saturated heterocycles. The Hall–Kier alpha value is -4.27. The lowest BCUT2D eigenvalue weighted by molar-refractivity contribution is -0.126. The summed E-state index contributed by atoms with van der Waals surface area (Å²) in [5, 5.41) is 24.1. The molecule has 36 heavy (non-hydrogen) atoms. The number of nitrogens with one attached hydrogen (secondary N) is 1. The standard InChI is InChI=1S/C27H28N4O5/c1-30-14-19(11-25(30)34)29-22-7-4-5-17-8-10-31(15-21(17)22)27(35)26-23(33)12-20(32)13-24(26)36-16-18-6-2-3-9-28-18/h2-7,9,12-13,19,29,32-33H,8,10-11,14-16H2,1H3. The third-order valence-electron chi connectivity index (χ3n) is 6.64. The summed E-state index contributed by atoms with van der Waals surface area (Å²) in [6.07, 6.45) is 2.73. The van der Waals surface area contributed by atoms with Crippen molar-refractivity contribution in [1.82, 2.24) is 14.8 Å². The second kappa shape index (κ2) is 9.77. The van der Waals surface area contributed by atoms with Crippen molar-refractivity contribution in [1.29, 1.82) is 0 Å². The third kappa shape index (κ3) is 4.77. The van der Waals surface area contributed by atoms with Crippen molar-refractivity contribution in [2.24, 2.45) is 0 Å². The number of anilines is 1. The first-order chi connectivity index (χ1) is 17.4. The molecule has 1 fully saturated rings. The second-order valence-corrected chi connectivity index (χ2v) is 9.19. The minimum Gasteiger partial charge on any atom is -0.508 e. The topological polar surface area (TPSA) is 115 Å². The number of hydrogen-bond donors (Lipinski definition) is 3. The van der Waals surface area contributed by atoms with Gasteiger partial charge >= 0.3 is 0 Å². The van der Waals surface area contributed by atoms with Gasteiger partial charge in [0.1, 0.15) is 29.4 Å². The van der Waals surface area contributed by atoms with E-state index in [1.807, 2.05) is 24.3 Å². The molecule has 2 aliphatic rings. The number of likely N-dealkylation sites (tertiary alicyclic amines) is 1. The summed E-state index contributed by atoms with van der Waals surface area (Å²) >= 11 is 0. The number of phenols is 2. The Morgan fingerprint density at radius 3 is 2.81 bits per heavy atom. The number of likely N-dealkylation sites (N-methyl/N-ethyl adjacent to an activating group) is 1. The van der Waals surface area contributed by atoms with Crippen LogP contribution in [0.1, 0.15) is 33.6 Å². The fourth-order valence-electron chi connectivity index (χ4n) is 4.78. The third-order valence-corrected chi connectivity index (χ3v) is 6.64. The molecule has 9 nitrogen and oxygen atoms in total. The van der Waals surface area contributed by atoms with Crippen LogP contribution in [0.25, 0.3) is 0 Å². The minimum atomic E-state index is -0.389. The Labute approximate surface area is 208 Å². The van der Waals surface area contributed by atoms with Gasteiger partial charge in [0, 0.05) is 57.1 Å².